The second-order valence-corrected chi connectivity index (χ2v) is 11.1. The van der Waals surface area contributed by atoms with Crippen LogP contribution in [0.3, 0.4) is 0 Å². The molecular weight excluding hydrogens is 532 g/mol. The van der Waals surface area contributed by atoms with Gasteiger partial charge in [0, 0.05) is 17.6 Å². The molecule has 0 aromatic heterocycles. The van der Waals surface area contributed by atoms with E-state index in [1.54, 1.807) is 4.90 Å². The maximum Gasteiger partial charge on any atom is 0.254 e. The predicted molar refractivity (Wildman–Crippen MR) is 138 cm³/mol. The Hall–Kier alpha value is -1.92. The summed E-state index contributed by atoms with van der Waals surface area (Å²) in [5.41, 5.74) is 2.64. The van der Waals surface area contributed by atoms with Crippen LogP contribution in [0.2, 0.25) is 0 Å². The number of halogens is 2. The fraction of sp³-hybridized carbons (Fsp3) is 0.385. The molecule has 1 aliphatic heterocycles. The van der Waals surface area contributed by atoms with E-state index in [0.717, 1.165) is 21.3 Å². The molecule has 1 aliphatic rings. The lowest BCUT2D eigenvalue weighted by Gasteiger charge is -2.44. The van der Waals surface area contributed by atoms with Crippen LogP contribution >= 0.6 is 31.9 Å². The number of rotatable bonds is 7. The van der Waals surface area contributed by atoms with Gasteiger partial charge >= 0.3 is 0 Å². The first-order valence-electron chi connectivity index (χ1n) is 11.0. The lowest BCUT2D eigenvalue weighted by molar-refractivity contribution is -0.138. The first-order chi connectivity index (χ1) is 15.2. The predicted octanol–water partition coefficient (Wildman–Crippen LogP) is 5.94. The van der Waals surface area contributed by atoms with E-state index in [1.807, 2.05) is 74.5 Å². The van der Waals surface area contributed by atoms with Crippen LogP contribution in [-0.4, -0.2) is 34.1 Å². The highest BCUT2D eigenvalue weighted by molar-refractivity contribution is 9.12. The fourth-order valence-electron chi connectivity index (χ4n) is 3.97. The lowest BCUT2D eigenvalue weighted by Crippen LogP contribution is -2.60. The highest BCUT2D eigenvalue weighted by atomic mass is 79.9. The number of benzene rings is 2. The van der Waals surface area contributed by atoms with Gasteiger partial charge in [-0.3, -0.25) is 9.59 Å². The molecule has 170 valence electrons. The van der Waals surface area contributed by atoms with E-state index in [4.69, 9.17) is 0 Å². The molecule has 0 aliphatic carbocycles. The molecule has 3 rings (SSSR count). The second-order valence-electron chi connectivity index (χ2n) is 9.03. The van der Waals surface area contributed by atoms with Crippen molar-refractivity contribution in [3.8, 4) is 0 Å². The van der Waals surface area contributed by atoms with E-state index in [1.165, 1.54) is 0 Å². The third-order valence-electron chi connectivity index (χ3n) is 5.43. The summed E-state index contributed by atoms with van der Waals surface area (Å²) < 4.78 is -0.651. The van der Waals surface area contributed by atoms with Crippen LogP contribution in [0.25, 0.3) is 5.70 Å². The highest BCUT2D eigenvalue weighted by Crippen LogP contribution is 2.52. The zero-order chi connectivity index (χ0) is 23.5. The van der Waals surface area contributed by atoms with Crippen LogP contribution in [0.15, 0.2) is 65.1 Å². The number of carbonyl (C=O) groups is 2. The maximum atomic E-state index is 14.1. The fourth-order valence-corrected chi connectivity index (χ4v) is 6.17. The number of carbonyl (C=O) groups excluding carboxylic acids is 2. The van der Waals surface area contributed by atoms with Crippen LogP contribution in [0.1, 0.15) is 44.7 Å². The largest absolute Gasteiger partial charge is 0.354 e. The minimum Gasteiger partial charge on any atom is -0.354 e. The zero-order valence-corrected chi connectivity index (χ0v) is 22.1. The van der Waals surface area contributed by atoms with Crippen molar-refractivity contribution in [3.63, 3.8) is 0 Å². The molecular formula is C26H30Br2N2O2. The third kappa shape index (κ3) is 4.86. The number of alkyl halides is 1. The van der Waals surface area contributed by atoms with Crippen molar-refractivity contribution in [2.75, 3.05) is 13.1 Å². The summed E-state index contributed by atoms with van der Waals surface area (Å²) >= 11 is 7.54. The van der Waals surface area contributed by atoms with Crippen molar-refractivity contribution in [1.82, 2.24) is 10.2 Å². The van der Waals surface area contributed by atoms with Crippen LogP contribution < -0.4 is 5.32 Å². The SMILES string of the molecule is CC(C)CNC(=O)C1(Br)C(=O)N(CC(C)C)C(c2ccccc2)=C(Br)C1c1ccccc1. The normalized spacial score (nSPS) is 21.4. The standard InChI is InChI=1S/C26H30Br2N2O2/c1-17(2)15-29-24(31)26(28)21(19-11-7-5-8-12-19)22(27)23(20-13-9-6-10-14-20)30(25(26)32)16-18(3)4/h5-14,17-18,21H,15-16H2,1-4H3,(H,29,31). The van der Waals surface area contributed by atoms with Crippen molar-refractivity contribution < 1.29 is 9.59 Å². The Morgan fingerprint density at radius 2 is 1.56 bits per heavy atom. The maximum absolute atomic E-state index is 14.1. The monoisotopic (exact) mass is 560 g/mol. The second kappa shape index (κ2) is 10.3. The molecule has 1 heterocycles. The van der Waals surface area contributed by atoms with E-state index in [0.29, 0.717) is 13.1 Å². The van der Waals surface area contributed by atoms with Crippen molar-refractivity contribution in [2.24, 2.45) is 11.8 Å². The summed E-state index contributed by atoms with van der Waals surface area (Å²) in [6.45, 7) is 9.21. The first kappa shape index (κ1) is 24.7. The van der Waals surface area contributed by atoms with Gasteiger partial charge in [0.2, 0.25) is 5.91 Å². The summed E-state index contributed by atoms with van der Waals surface area (Å²) in [6, 6.07) is 19.6. The van der Waals surface area contributed by atoms with Crippen molar-refractivity contribution in [2.45, 2.75) is 37.9 Å². The Morgan fingerprint density at radius 3 is 2.09 bits per heavy atom. The molecule has 2 aromatic carbocycles. The number of nitrogens with one attached hydrogen (secondary N) is 1. The van der Waals surface area contributed by atoms with Crippen molar-refractivity contribution in [3.05, 3.63) is 76.3 Å². The molecule has 2 unspecified atom stereocenters. The quantitative estimate of drug-likeness (QED) is 0.336. The van der Waals surface area contributed by atoms with E-state index < -0.39 is 10.2 Å². The molecule has 1 N–H and O–H groups in total. The van der Waals surface area contributed by atoms with Gasteiger partial charge in [0.05, 0.1) is 11.6 Å². The van der Waals surface area contributed by atoms with E-state index in [2.05, 4.69) is 51.0 Å². The average molecular weight is 562 g/mol. The molecule has 2 amide bonds. The summed E-state index contributed by atoms with van der Waals surface area (Å²) in [5, 5.41) is 2.99. The zero-order valence-electron chi connectivity index (χ0n) is 18.9. The molecule has 0 bridgehead atoms. The smallest absolute Gasteiger partial charge is 0.254 e. The summed E-state index contributed by atoms with van der Waals surface area (Å²) in [5.74, 6) is -0.579. The van der Waals surface area contributed by atoms with Gasteiger partial charge in [-0.25, -0.2) is 0 Å². The lowest BCUT2D eigenvalue weighted by atomic mass is 9.79. The Labute approximate surface area is 207 Å². The van der Waals surface area contributed by atoms with Crippen LogP contribution in [-0.2, 0) is 9.59 Å². The molecule has 0 fully saturated rings. The van der Waals surface area contributed by atoms with Gasteiger partial charge in [0.25, 0.3) is 5.91 Å². The van der Waals surface area contributed by atoms with Crippen LogP contribution in [0, 0.1) is 11.8 Å². The van der Waals surface area contributed by atoms with Crippen LogP contribution in [0.5, 0.6) is 0 Å². The number of hydrogen-bond acceptors (Lipinski definition) is 2. The number of amides is 2. The van der Waals surface area contributed by atoms with E-state index in [-0.39, 0.29) is 23.7 Å². The van der Waals surface area contributed by atoms with Gasteiger partial charge in [-0.15, -0.1) is 0 Å². The Morgan fingerprint density at radius 1 is 1.00 bits per heavy atom. The van der Waals surface area contributed by atoms with Gasteiger partial charge in [-0.05, 0) is 23.0 Å². The molecule has 6 heteroatoms. The molecule has 0 saturated heterocycles. The highest BCUT2D eigenvalue weighted by Gasteiger charge is 2.57. The number of allylic oxidation sites excluding steroid dienone is 1. The van der Waals surface area contributed by atoms with Crippen LogP contribution in [0.4, 0.5) is 0 Å². The van der Waals surface area contributed by atoms with E-state index in [9.17, 15) is 9.59 Å². The number of hydrogen-bond donors (Lipinski definition) is 1. The minimum atomic E-state index is -1.46. The number of nitrogens with zero attached hydrogens (tertiary/aromatic N) is 1. The minimum absolute atomic E-state index is 0.224. The average Bonchev–Trinajstić information content (AvgIpc) is 2.77. The van der Waals surface area contributed by atoms with Gasteiger partial charge in [-0.1, -0.05) is 120 Å². The van der Waals surface area contributed by atoms with E-state index >= 15 is 0 Å². The van der Waals surface area contributed by atoms with Crippen molar-refractivity contribution >= 4 is 49.4 Å². The summed E-state index contributed by atoms with van der Waals surface area (Å²) in [7, 11) is 0. The summed E-state index contributed by atoms with van der Waals surface area (Å²) in [4.78, 5) is 29.5. The molecule has 0 saturated carbocycles. The van der Waals surface area contributed by atoms with Gasteiger partial charge in [0.15, 0.2) is 4.32 Å². The summed E-state index contributed by atoms with van der Waals surface area (Å²) in [6.07, 6.45) is 0. The topological polar surface area (TPSA) is 49.4 Å². The Bertz CT molecular complexity index is 989. The van der Waals surface area contributed by atoms with Gasteiger partial charge in [-0.2, -0.15) is 0 Å². The molecule has 0 radical (unpaired) electrons. The molecule has 32 heavy (non-hydrogen) atoms. The first-order valence-corrected chi connectivity index (χ1v) is 12.6. The Kier molecular flexibility index (Phi) is 7.99. The van der Waals surface area contributed by atoms with Gasteiger partial charge in [0.1, 0.15) is 0 Å². The molecule has 0 spiro atoms. The third-order valence-corrected chi connectivity index (χ3v) is 7.42. The Balaban J connectivity index is 2.26. The van der Waals surface area contributed by atoms with Gasteiger partial charge < -0.3 is 10.2 Å². The molecule has 2 aromatic rings. The van der Waals surface area contributed by atoms with Crippen molar-refractivity contribution in [1.29, 1.82) is 0 Å². The molecule has 4 nitrogen and oxygen atoms in total. The molecule has 2 atom stereocenters.